The van der Waals surface area contributed by atoms with Crippen LogP contribution in [0, 0.1) is 11.7 Å². The standard InChI is InChI=1S/C26H27FN4O3/c27-20-12-18-21(32)19(24(33)34)14-31(25-8-6-16(13-25)7-9-25)22(18)29-23(20)30-11-10-26(28,15-30)17-4-2-1-3-5-17/h1-5,12,14,16H,6-11,13,15,28H2,(H,33,34). The largest absolute Gasteiger partial charge is 0.477 e. The molecule has 2 aliphatic carbocycles. The zero-order chi connectivity index (χ0) is 23.7. The fourth-order valence-electron chi connectivity index (χ4n) is 6.47. The maximum atomic E-state index is 15.4. The lowest BCUT2D eigenvalue weighted by Gasteiger charge is -2.32. The Bertz CT molecular complexity index is 1360. The quantitative estimate of drug-likeness (QED) is 0.615. The van der Waals surface area contributed by atoms with Gasteiger partial charge in [-0.15, -0.1) is 0 Å². The van der Waals surface area contributed by atoms with Crippen molar-refractivity contribution in [3.05, 3.63) is 69.8 Å². The van der Waals surface area contributed by atoms with Crippen molar-refractivity contribution in [3.63, 3.8) is 0 Å². The molecular formula is C26H27FN4O3. The molecule has 0 amide bonds. The van der Waals surface area contributed by atoms with E-state index in [0.717, 1.165) is 37.7 Å². The van der Waals surface area contributed by atoms with Crippen LogP contribution < -0.4 is 16.1 Å². The van der Waals surface area contributed by atoms with E-state index in [0.29, 0.717) is 31.1 Å². The summed E-state index contributed by atoms with van der Waals surface area (Å²) >= 11 is 0. The molecule has 3 aliphatic rings. The molecule has 1 unspecified atom stereocenters. The van der Waals surface area contributed by atoms with Crippen LogP contribution >= 0.6 is 0 Å². The average Bonchev–Trinajstić information content (AvgIpc) is 3.55. The number of fused-ring (bicyclic) bond motifs is 3. The highest BCUT2D eigenvalue weighted by Crippen LogP contribution is 2.53. The van der Waals surface area contributed by atoms with E-state index in [-0.39, 0.29) is 22.3 Å². The Morgan fingerprint density at radius 1 is 1.18 bits per heavy atom. The number of carbonyl (C=O) groups is 1. The van der Waals surface area contributed by atoms with Crippen LogP contribution in [0.3, 0.4) is 0 Å². The van der Waals surface area contributed by atoms with Gasteiger partial charge in [-0.2, -0.15) is 0 Å². The van der Waals surface area contributed by atoms with Gasteiger partial charge in [0.1, 0.15) is 11.2 Å². The first kappa shape index (κ1) is 21.3. The first-order valence-electron chi connectivity index (χ1n) is 11.9. The molecule has 1 aromatic carbocycles. The summed E-state index contributed by atoms with van der Waals surface area (Å²) < 4.78 is 17.3. The Balaban J connectivity index is 1.49. The van der Waals surface area contributed by atoms with Gasteiger partial charge in [-0.05, 0) is 56.1 Å². The third-order valence-corrected chi connectivity index (χ3v) is 8.31. The van der Waals surface area contributed by atoms with Crippen molar-refractivity contribution in [1.82, 2.24) is 9.55 Å². The number of aromatic carboxylic acids is 1. The first-order valence-corrected chi connectivity index (χ1v) is 11.9. The highest BCUT2D eigenvalue weighted by Gasteiger charge is 2.47. The minimum atomic E-state index is -1.30. The summed E-state index contributed by atoms with van der Waals surface area (Å²) in [6, 6.07) is 10.9. The number of anilines is 1. The second-order valence-corrected chi connectivity index (χ2v) is 10.3. The van der Waals surface area contributed by atoms with Crippen molar-refractivity contribution in [2.24, 2.45) is 11.7 Å². The zero-order valence-corrected chi connectivity index (χ0v) is 18.8. The highest BCUT2D eigenvalue weighted by atomic mass is 19.1. The fourth-order valence-corrected chi connectivity index (χ4v) is 6.47. The first-order chi connectivity index (χ1) is 16.3. The summed E-state index contributed by atoms with van der Waals surface area (Å²) in [4.78, 5) is 31.4. The maximum Gasteiger partial charge on any atom is 0.341 e. The molecule has 3 aromatic rings. The lowest BCUT2D eigenvalue weighted by Crippen LogP contribution is -2.40. The molecule has 1 atom stereocenters. The summed E-state index contributed by atoms with van der Waals surface area (Å²) in [7, 11) is 0. The minimum Gasteiger partial charge on any atom is -0.477 e. The molecule has 7 nitrogen and oxygen atoms in total. The Labute approximate surface area is 196 Å². The molecule has 1 aliphatic heterocycles. The number of nitrogens with zero attached hydrogens (tertiary/aromatic N) is 3. The molecule has 3 heterocycles. The second kappa shape index (κ2) is 7.37. The number of hydrogen-bond donors (Lipinski definition) is 2. The van der Waals surface area contributed by atoms with Crippen LogP contribution in [0.4, 0.5) is 10.2 Å². The molecule has 0 spiro atoms. The van der Waals surface area contributed by atoms with Crippen LogP contribution in [0.5, 0.6) is 0 Å². The molecule has 8 heteroatoms. The molecule has 3 fully saturated rings. The molecule has 34 heavy (non-hydrogen) atoms. The van der Waals surface area contributed by atoms with E-state index in [1.165, 1.54) is 12.3 Å². The summed E-state index contributed by atoms with van der Waals surface area (Å²) in [5.41, 5.74) is 6.14. The van der Waals surface area contributed by atoms with Gasteiger partial charge in [-0.25, -0.2) is 14.2 Å². The topological polar surface area (TPSA) is 101 Å². The number of benzene rings is 1. The van der Waals surface area contributed by atoms with Crippen molar-refractivity contribution in [1.29, 1.82) is 0 Å². The maximum absolute atomic E-state index is 15.4. The van der Waals surface area contributed by atoms with Gasteiger partial charge in [0.25, 0.3) is 0 Å². The van der Waals surface area contributed by atoms with E-state index in [1.54, 1.807) is 0 Å². The van der Waals surface area contributed by atoms with Crippen molar-refractivity contribution >= 4 is 22.8 Å². The van der Waals surface area contributed by atoms with Crippen LogP contribution in [0.15, 0.2) is 47.4 Å². The number of rotatable bonds is 4. The number of hydrogen-bond acceptors (Lipinski definition) is 5. The Morgan fingerprint density at radius 3 is 2.56 bits per heavy atom. The van der Waals surface area contributed by atoms with E-state index in [1.807, 2.05) is 39.8 Å². The van der Waals surface area contributed by atoms with Crippen molar-refractivity contribution in [3.8, 4) is 0 Å². The molecule has 1 saturated heterocycles. The van der Waals surface area contributed by atoms with Gasteiger partial charge in [0.2, 0.25) is 5.43 Å². The fraction of sp³-hybridized carbons (Fsp3) is 0.423. The van der Waals surface area contributed by atoms with E-state index >= 15 is 4.39 Å². The number of halogens is 1. The minimum absolute atomic E-state index is 0.0205. The summed E-state index contributed by atoms with van der Waals surface area (Å²) in [5, 5.41) is 9.69. The third-order valence-electron chi connectivity index (χ3n) is 8.31. The number of pyridine rings is 2. The van der Waals surface area contributed by atoms with Gasteiger partial charge in [-0.1, -0.05) is 30.3 Å². The predicted molar refractivity (Wildman–Crippen MR) is 127 cm³/mol. The monoisotopic (exact) mass is 462 g/mol. The second-order valence-electron chi connectivity index (χ2n) is 10.3. The smallest absolute Gasteiger partial charge is 0.341 e. The van der Waals surface area contributed by atoms with Gasteiger partial charge in [0.15, 0.2) is 11.6 Å². The van der Waals surface area contributed by atoms with Crippen LogP contribution in [-0.2, 0) is 11.1 Å². The predicted octanol–water partition coefficient (Wildman–Crippen LogP) is 3.59. The molecular weight excluding hydrogens is 435 g/mol. The zero-order valence-electron chi connectivity index (χ0n) is 18.8. The summed E-state index contributed by atoms with van der Waals surface area (Å²) in [5.74, 6) is -1.17. The number of carboxylic acid groups (broad SMARTS) is 1. The van der Waals surface area contributed by atoms with Crippen molar-refractivity contribution in [2.75, 3.05) is 18.0 Å². The van der Waals surface area contributed by atoms with Gasteiger partial charge in [0.05, 0.1) is 10.9 Å². The molecule has 3 N–H and O–H groups in total. The Morgan fingerprint density at radius 2 is 1.91 bits per heavy atom. The van der Waals surface area contributed by atoms with Gasteiger partial charge < -0.3 is 20.3 Å². The van der Waals surface area contributed by atoms with Gasteiger partial charge >= 0.3 is 5.97 Å². The van der Waals surface area contributed by atoms with E-state index in [4.69, 9.17) is 10.7 Å². The van der Waals surface area contributed by atoms with Crippen LogP contribution in [0.2, 0.25) is 0 Å². The molecule has 2 aromatic heterocycles. The number of aromatic nitrogens is 2. The number of carboxylic acids is 1. The van der Waals surface area contributed by atoms with Gasteiger partial charge in [0, 0.05) is 24.8 Å². The SMILES string of the molecule is NC1(c2ccccc2)CCN(c2nc3c(cc2F)c(=O)c(C(=O)O)cn3C23CCC(CC2)C3)C1. The van der Waals surface area contributed by atoms with Crippen molar-refractivity contribution < 1.29 is 14.3 Å². The lowest BCUT2D eigenvalue weighted by molar-refractivity contribution is 0.0694. The summed E-state index contributed by atoms with van der Waals surface area (Å²) in [6.07, 6.45) is 6.98. The third kappa shape index (κ3) is 3.08. The van der Waals surface area contributed by atoms with Crippen LogP contribution in [-0.4, -0.2) is 33.7 Å². The molecule has 176 valence electrons. The van der Waals surface area contributed by atoms with E-state index in [9.17, 15) is 14.7 Å². The summed E-state index contributed by atoms with van der Waals surface area (Å²) in [6.45, 7) is 0.933. The van der Waals surface area contributed by atoms with E-state index < -0.39 is 22.8 Å². The number of nitrogens with two attached hydrogens (primary N) is 1. The lowest BCUT2D eigenvalue weighted by atomic mass is 9.90. The molecule has 6 rings (SSSR count). The molecule has 0 radical (unpaired) electrons. The molecule has 2 saturated carbocycles. The van der Waals surface area contributed by atoms with Crippen LogP contribution in [0.25, 0.3) is 11.0 Å². The average molecular weight is 463 g/mol. The molecule has 2 bridgehead atoms. The Hall–Kier alpha value is -3.26. The Kier molecular flexibility index (Phi) is 4.61. The van der Waals surface area contributed by atoms with Crippen LogP contribution in [0.1, 0.15) is 54.4 Å². The van der Waals surface area contributed by atoms with Gasteiger partial charge in [-0.3, -0.25) is 4.79 Å². The normalized spacial score (nSPS) is 28.2. The van der Waals surface area contributed by atoms with E-state index in [2.05, 4.69) is 0 Å². The van der Waals surface area contributed by atoms with Crippen molar-refractivity contribution in [2.45, 2.75) is 49.6 Å². The highest BCUT2D eigenvalue weighted by molar-refractivity contribution is 5.92.